The first-order valence-corrected chi connectivity index (χ1v) is 11.4. The summed E-state index contributed by atoms with van der Waals surface area (Å²) in [6.07, 6.45) is 2.76. The molecule has 0 N–H and O–H groups in total. The van der Waals surface area contributed by atoms with Crippen molar-refractivity contribution in [1.82, 2.24) is 0 Å². The van der Waals surface area contributed by atoms with Gasteiger partial charge in [0.15, 0.2) is 11.5 Å². The van der Waals surface area contributed by atoms with E-state index in [0.717, 1.165) is 6.42 Å². The molecule has 0 atom stereocenters. The van der Waals surface area contributed by atoms with Crippen LogP contribution in [-0.4, -0.2) is 19.2 Å². The van der Waals surface area contributed by atoms with Gasteiger partial charge in [0.2, 0.25) is 5.43 Å². The number of benzene rings is 3. The molecule has 0 saturated heterocycles. The van der Waals surface area contributed by atoms with Crippen LogP contribution in [-0.2, 0) is 6.42 Å². The van der Waals surface area contributed by atoms with Gasteiger partial charge in [-0.05, 0) is 47.9 Å². The van der Waals surface area contributed by atoms with E-state index >= 15 is 0 Å². The zero-order chi connectivity index (χ0) is 23.7. The smallest absolute Gasteiger partial charge is 0.345 e. The van der Waals surface area contributed by atoms with Crippen molar-refractivity contribution < 1.29 is 23.4 Å². The molecule has 0 spiro atoms. The molecule has 6 nitrogen and oxygen atoms in total. The van der Waals surface area contributed by atoms with Crippen LogP contribution in [0, 0.1) is 0 Å². The normalized spacial score (nSPS) is 12.9. The maximum atomic E-state index is 13.4. The van der Waals surface area contributed by atoms with Crippen molar-refractivity contribution in [2.24, 2.45) is 0 Å². The average molecular weight is 477 g/mol. The van der Waals surface area contributed by atoms with E-state index in [-0.39, 0.29) is 11.0 Å². The largest absolute Gasteiger partial charge is 0.490 e. The predicted octanol–water partition coefficient (Wildman–Crippen LogP) is 6.06. The SMILES string of the molecule is CCc1cc2c(=O)c(-c3ccc4c(c3)OCCCO4)coc2cc1OC(=O)c1ccccc1Cl. The third kappa shape index (κ3) is 4.13. The molecular formula is C27H21ClO6. The lowest BCUT2D eigenvalue weighted by atomic mass is 10.0. The molecule has 1 aliphatic rings. The number of aryl methyl sites for hydroxylation is 1. The highest BCUT2D eigenvalue weighted by molar-refractivity contribution is 6.33. The van der Waals surface area contributed by atoms with E-state index in [4.69, 9.17) is 30.2 Å². The Morgan fingerprint density at radius 1 is 1.03 bits per heavy atom. The monoisotopic (exact) mass is 476 g/mol. The van der Waals surface area contributed by atoms with E-state index in [1.54, 1.807) is 48.5 Å². The van der Waals surface area contributed by atoms with Crippen molar-refractivity contribution in [1.29, 1.82) is 0 Å². The van der Waals surface area contributed by atoms with Gasteiger partial charge in [-0.15, -0.1) is 0 Å². The number of rotatable bonds is 4. The molecule has 5 rings (SSSR count). The van der Waals surface area contributed by atoms with Crippen LogP contribution in [0.4, 0.5) is 0 Å². The first-order valence-electron chi connectivity index (χ1n) is 11.0. The molecule has 0 fully saturated rings. The Morgan fingerprint density at radius 2 is 1.82 bits per heavy atom. The number of carbonyl (C=O) groups excluding carboxylic acids is 1. The van der Waals surface area contributed by atoms with E-state index in [2.05, 4.69) is 0 Å². The van der Waals surface area contributed by atoms with Gasteiger partial charge in [0.05, 0.1) is 34.7 Å². The fourth-order valence-electron chi connectivity index (χ4n) is 3.88. The molecule has 0 unspecified atom stereocenters. The molecule has 0 radical (unpaired) electrons. The second-order valence-electron chi connectivity index (χ2n) is 7.87. The van der Waals surface area contributed by atoms with Crippen molar-refractivity contribution in [2.45, 2.75) is 19.8 Å². The van der Waals surface area contributed by atoms with Gasteiger partial charge in [0, 0.05) is 12.5 Å². The topological polar surface area (TPSA) is 75.0 Å². The molecule has 0 saturated carbocycles. The summed E-state index contributed by atoms with van der Waals surface area (Å²) in [6, 6.07) is 15.4. The summed E-state index contributed by atoms with van der Waals surface area (Å²) in [5.41, 5.74) is 2.18. The maximum Gasteiger partial charge on any atom is 0.345 e. The molecule has 4 aromatic rings. The van der Waals surface area contributed by atoms with Crippen LogP contribution in [0.1, 0.15) is 29.3 Å². The number of hydrogen-bond donors (Lipinski definition) is 0. The van der Waals surface area contributed by atoms with Crippen molar-refractivity contribution in [3.8, 4) is 28.4 Å². The van der Waals surface area contributed by atoms with E-state index in [1.807, 2.05) is 13.0 Å². The molecule has 0 aliphatic carbocycles. The quantitative estimate of drug-likeness (QED) is 0.263. The van der Waals surface area contributed by atoms with E-state index in [1.165, 1.54) is 6.26 Å². The second kappa shape index (κ2) is 9.23. The molecule has 0 amide bonds. The number of halogens is 1. The van der Waals surface area contributed by atoms with Gasteiger partial charge in [-0.25, -0.2) is 4.79 Å². The summed E-state index contributed by atoms with van der Waals surface area (Å²) in [5, 5.41) is 0.705. The average Bonchev–Trinajstić information content (AvgIpc) is 3.09. The lowest BCUT2D eigenvalue weighted by Gasteiger charge is -2.12. The summed E-state index contributed by atoms with van der Waals surface area (Å²) in [4.78, 5) is 26.0. The van der Waals surface area contributed by atoms with Crippen LogP contribution < -0.4 is 19.6 Å². The van der Waals surface area contributed by atoms with Gasteiger partial charge in [0.25, 0.3) is 0 Å². The number of ether oxygens (including phenoxy) is 3. The molecule has 172 valence electrons. The van der Waals surface area contributed by atoms with E-state index < -0.39 is 5.97 Å². The fourth-order valence-corrected chi connectivity index (χ4v) is 4.10. The highest BCUT2D eigenvalue weighted by atomic mass is 35.5. The fraction of sp³-hybridized carbons (Fsp3) is 0.185. The van der Waals surface area contributed by atoms with Gasteiger partial charge in [-0.2, -0.15) is 0 Å². The van der Waals surface area contributed by atoms with Crippen LogP contribution >= 0.6 is 11.6 Å². The van der Waals surface area contributed by atoms with Crippen molar-refractivity contribution in [2.75, 3.05) is 13.2 Å². The summed E-state index contributed by atoms with van der Waals surface area (Å²) in [6.45, 7) is 3.06. The van der Waals surface area contributed by atoms with Crippen molar-refractivity contribution in [3.05, 3.63) is 87.2 Å². The lowest BCUT2D eigenvalue weighted by molar-refractivity contribution is 0.0733. The highest BCUT2D eigenvalue weighted by Crippen LogP contribution is 2.34. The van der Waals surface area contributed by atoms with Crippen LogP contribution in [0.25, 0.3) is 22.1 Å². The lowest BCUT2D eigenvalue weighted by Crippen LogP contribution is -2.11. The number of fused-ring (bicyclic) bond motifs is 2. The zero-order valence-corrected chi connectivity index (χ0v) is 19.2. The van der Waals surface area contributed by atoms with Gasteiger partial charge in [-0.3, -0.25) is 4.79 Å². The summed E-state index contributed by atoms with van der Waals surface area (Å²) in [7, 11) is 0. The minimum atomic E-state index is -0.578. The summed E-state index contributed by atoms with van der Waals surface area (Å²) >= 11 is 6.13. The van der Waals surface area contributed by atoms with Crippen LogP contribution in [0.5, 0.6) is 17.2 Å². The molecule has 7 heteroatoms. The first-order chi connectivity index (χ1) is 16.5. The van der Waals surface area contributed by atoms with Gasteiger partial charge in [0.1, 0.15) is 17.6 Å². The zero-order valence-electron chi connectivity index (χ0n) is 18.4. The molecule has 3 aromatic carbocycles. The first kappa shape index (κ1) is 22.0. The summed E-state index contributed by atoms with van der Waals surface area (Å²) < 4.78 is 22.9. The molecular weight excluding hydrogens is 456 g/mol. The Labute approximate surface area is 200 Å². The van der Waals surface area contributed by atoms with Gasteiger partial charge < -0.3 is 18.6 Å². The Bertz CT molecular complexity index is 1460. The predicted molar refractivity (Wildman–Crippen MR) is 129 cm³/mol. The summed E-state index contributed by atoms with van der Waals surface area (Å²) in [5.74, 6) is 1.01. The highest BCUT2D eigenvalue weighted by Gasteiger charge is 2.19. The Balaban J connectivity index is 1.53. The van der Waals surface area contributed by atoms with E-state index in [9.17, 15) is 9.59 Å². The molecule has 34 heavy (non-hydrogen) atoms. The third-order valence-corrected chi connectivity index (χ3v) is 6.02. The van der Waals surface area contributed by atoms with Crippen molar-refractivity contribution in [3.63, 3.8) is 0 Å². The van der Waals surface area contributed by atoms with E-state index in [0.29, 0.717) is 69.6 Å². The number of carbonyl (C=O) groups is 1. The second-order valence-corrected chi connectivity index (χ2v) is 8.28. The van der Waals surface area contributed by atoms with Crippen LogP contribution in [0.3, 0.4) is 0 Å². The van der Waals surface area contributed by atoms with Gasteiger partial charge >= 0.3 is 5.97 Å². The molecule has 1 aliphatic heterocycles. The number of hydrogen-bond acceptors (Lipinski definition) is 6. The van der Waals surface area contributed by atoms with Gasteiger partial charge in [-0.1, -0.05) is 36.7 Å². The maximum absolute atomic E-state index is 13.4. The number of esters is 1. The minimum Gasteiger partial charge on any atom is -0.490 e. The standard InChI is InChI=1S/C27H21ClO6/c1-2-16-12-19-24(14-23(16)34-27(30)18-6-3-4-7-21(18)28)33-15-20(26(19)29)17-8-9-22-25(13-17)32-11-5-10-31-22/h3-4,6-9,12-15H,2,5,10-11H2,1H3. The Hall–Kier alpha value is -3.77. The minimum absolute atomic E-state index is 0.186. The Kier molecular flexibility index (Phi) is 5.99. The Morgan fingerprint density at radius 3 is 2.62 bits per heavy atom. The molecule has 0 bridgehead atoms. The van der Waals surface area contributed by atoms with Crippen LogP contribution in [0.2, 0.25) is 5.02 Å². The van der Waals surface area contributed by atoms with Crippen LogP contribution in [0.15, 0.2) is 70.1 Å². The van der Waals surface area contributed by atoms with Crippen molar-refractivity contribution >= 4 is 28.5 Å². The third-order valence-electron chi connectivity index (χ3n) is 5.69. The molecule has 2 heterocycles. The molecule has 1 aromatic heterocycles.